The summed E-state index contributed by atoms with van der Waals surface area (Å²) in [5.41, 5.74) is 3.95. The van der Waals surface area contributed by atoms with Crippen LogP contribution in [0.5, 0.6) is 0 Å². The largest absolute Gasteiger partial charge is 0.356 e. The number of amides is 1. The summed E-state index contributed by atoms with van der Waals surface area (Å²) in [5, 5.41) is 0. The number of nitrogens with zero attached hydrogens (tertiary/aromatic N) is 2. The van der Waals surface area contributed by atoms with Gasteiger partial charge in [-0.1, -0.05) is 30.3 Å². The molecular formula is C23H24N4O3S. The highest BCUT2D eigenvalue weighted by atomic mass is 32.2. The second kappa shape index (κ2) is 7.77. The summed E-state index contributed by atoms with van der Waals surface area (Å²) in [5.74, 6) is -0.159. The lowest BCUT2D eigenvalue weighted by atomic mass is 10.2. The molecule has 1 amide bonds. The van der Waals surface area contributed by atoms with Crippen LogP contribution in [0.1, 0.15) is 28.9 Å². The van der Waals surface area contributed by atoms with E-state index in [9.17, 15) is 13.2 Å². The van der Waals surface area contributed by atoms with Gasteiger partial charge in [-0.2, -0.15) is 0 Å². The molecule has 3 aromatic rings. The van der Waals surface area contributed by atoms with Crippen LogP contribution in [0.2, 0.25) is 0 Å². The van der Waals surface area contributed by atoms with E-state index in [0.29, 0.717) is 24.5 Å². The smallest absolute Gasteiger partial charge is 0.270 e. The van der Waals surface area contributed by atoms with Crippen molar-refractivity contribution in [2.45, 2.75) is 24.2 Å². The van der Waals surface area contributed by atoms with Crippen molar-refractivity contribution in [1.82, 2.24) is 9.88 Å². The lowest BCUT2D eigenvalue weighted by Gasteiger charge is -2.23. The number of carbonyl (C=O) groups is 1. The molecule has 3 heterocycles. The first-order chi connectivity index (χ1) is 15.0. The normalized spacial score (nSPS) is 15.9. The van der Waals surface area contributed by atoms with Crippen LogP contribution in [-0.4, -0.2) is 43.8 Å². The Kier molecular flexibility index (Phi) is 4.94. The van der Waals surface area contributed by atoms with E-state index < -0.39 is 10.0 Å². The number of rotatable bonds is 5. The van der Waals surface area contributed by atoms with Gasteiger partial charge in [-0.25, -0.2) is 8.42 Å². The minimum Gasteiger partial charge on any atom is -0.356 e. The van der Waals surface area contributed by atoms with Gasteiger partial charge in [0, 0.05) is 31.5 Å². The molecule has 0 saturated carbocycles. The van der Waals surface area contributed by atoms with Crippen molar-refractivity contribution in [3.05, 3.63) is 72.1 Å². The van der Waals surface area contributed by atoms with Crippen LogP contribution >= 0.6 is 0 Å². The number of aromatic nitrogens is 1. The number of hydrogen-bond donors (Lipinski definition) is 2. The van der Waals surface area contributed by atoms with Gasteiger partial charge in [0.15, 0.2) is 0 Å². The van der Waals surface area contributed by atoms with E-state index in [1.807, 2.05) is 30.3 Å². The van der Waals surface area contributed by atoms with Gasteiger partial charge in [0.1, 0.15) is 10.6 Å². The molecule has 0 atom stereocenters. The number of para-hydroxylation sites is 3. The van der Waals surface area contributed by atoms with Crippen LogP contribution in [0, 0.1) is 0 Å². The number of likely N-dealkylation sites (tertiary alicyclic amines) is 1. The number of nitrogens with one attached hydrogen (secondary N) is 2. The van der Waals surface area contributed by atoms with Crippen LogP contribution in [0.4, 0.5) is 17.1 Å². The molecular weight excluding hydrogens is 412 g/mol. The molecule has 0 spiro atoms. The van der Waals surface area contributed by atoms with E-state index in [1.54, 1.807) is 11.0 Å². The molecule has 2 aliphatic heterocycles. The monoisotopic (exact) mass is 436 g/mol. The fourth-order valence-corrected chi connectivity index (χ4v) is 5.40. The van der Waals surface area contributed by atoms with Gasteiger partial charge in [0.2, 0.25) is 0 Å². The molecule has 2 aromatic carbocycles. The zero-order valence-electron chi connectivity index (χ0n) is 17.0. The maximum absolute atomic E-state index is 13.1. The van der Waals surface area contributed by atoms with Crippen LogP contribution in [0.25, 0.3) is 0 Å². The van der Waals surface area contributed by atoms with Crippen LogP contribution < -0.4 is 9.62 Å². The van der Waals surface area contributed by atoms with Gasteiger partial charge in [0.05, 0.1) is 11.4 Å². The van der Waals surface area contributed by atoms with Gasteiger partial charge in [-0.3, -0.25) is 9.52 Å². The molecule has 1 saturated heterocycles. The van der Waals surface area contributed by atoms with E-state index in [4.69, 9.17) is 0 Å². The molecule has 31 heavy (non-hydrogen) atoms. The van der Waals surface area contributed by atoms with Crippen molar-refractivity contribution >= 4 is 33.0 Å². The summed E-state index contributed by atoms with van der Waals surface area (Å²) >= 11 is 0. The number of hydrogen-bond acceptors (Lipinski definition) is 4. The molecule has 1 fully saturated rings. The van der Waals surface area contributed by atoms with Crippen LogP contribution in [0.15, 0.2) is 65.7 Å². The van der Waals surface area contributed by atoms with E-state index in [0.717, 1.165) is 37.2 Å². The van der Waals surface area contributed by atoms with Crippen LogP contribution in [0.3, 0.4) is 0 Å². The maximum Gasteiger partial charge on any atom is 0.270 e. The van der Waals surface area contributed by atoms with E-state index in [1.165, 1.54) is 17.8 Å². The summed E-state index contributed by atoms with van der Waals surface area (Å²) in [6.07, 6.45) is 4.25. The average molecular weight is 437 g/mol. The Morgan fingerprint density at radius 1 is 0.935 bits per heavy atom. The highest BCUT2D eigenvalue weighted by Gasteiger charge is 2.26. The zero-order valence-corrected chi connectivity index (χ0v) is 17.9. The quantitative estimate of drug-likeness (QED) is 0.638. The SMILES string of the molecule is O=C(c1cc(S(=O)(=O)Nc2ccccc2N2CCc3ccccc32)c[nH]1)N1CCCC1. The van der Waals surface area contributed by atoms with Crippen molar-refractivity contribution in [1.29, 1.82) is 0 Å². The van der Waals surface area contributed by atoms with Gasteiger partial charge in [-0.05, 0) is 49.1 Å². The van der Waals surface area contributed by atoms with E-state index in [2.05, 4.69) is 26.7 Å². The van der Waals surface area contributed by atoms with Gasteiger partial charge in [-0.15, -0.1) is 0 Å². The van der Waals surface area contributed by atoms with E-state index in [-0.39, 0.29) is 10.8 Å². The Morgan fingerprint density at radius 3 is 2.45 bits per heavy atom. The lowest BCUT2D eigenvalue weighted by molar-refractivity contribution is 0.0787. The molecule has 0 aliphatic carbocycles. The van der Waals surface area contributed by atoms with Crippen molar-refractivity contribution in [2.75, 3.05) is 29.3 Å². The second-order valence-electron chi connectivity index (χ2n) is 7.90. The number of H-pyrrole nitrogens is 1. The number of carbonyl (C=O) groups excluding carboxylic acids is 1. The van der Waals surface area contributed by atoms with Crippen molar-refractivity contribution in [3.8, 4) is 0 Å². The first-order valence-corrected chi connectivity index (χ1v) is 12.0. The number of fused-ring (bicyclic) bond motifs is 1. The molecule has 8 heteroatoms. The third kappa shape index (κ3) is 3.67. The molecule has 160 valence electrons. The average Bonchev–Trinajstić information content (AvgIpc) is 3.54. The molecule has 0 unspecified atom stereocenters. The Morgan fingerprint density at radius 2 is 1.65 bits per heavy atom. The maximum atomic E-state index is 13.1. The van der Waals surface area contributed by atoms with E-state index >= 15 is 0 Å². The Hall–Kier alpha value is -3.26. The van der Waals surface area contributed by atoms with Crippen LogP contribution in [-0.2, 0) is 16.4 Å². The summed E-state index contributed by atoms with van der Waals surface area (Å²) in [6, 6.07) is 17.0. The third-order valence-electron chi connectivity index (χ3n) is 5.92. The Bertz CT molecular complexity index is 1230. The summed E-state index contributed by atoms with van der Waals surface area (Å²) in [6.45, 7) is 2.21. The minimum absolute atomic E-state index is 0.0478. The fraction of sp³-hybridized carbons (Fsp3) is 0.261. The summed E-state index contributed by atoms with van der Waals surface area (Å²) in [4.78, 5) is 19.3. The molecule has 5 rings (SSSR count). The number of aromatic amines is 1. The number of benzene rings is 2. The van der Waals surface area contributed by atoms with Gasteiger partial charge in [0.25, 0.3) is 15.9 Å². The Balaban J connectivity index is 1.41. The molecule has 7 nitrogen and oxygen atoms in total. The first kappa shape index (κ1) is 19.7. The number of anilines is 3. The molecule has 1 aromatic heterocycles. The fourth-order valence-electron chi connectivity index (χ4n) is 4.33. The molecule has 2 aliphatic rings. The van der Waals surface area contributed by atoms with Gasteiger partial charge < -0.3 is 14.8 Å². The van der Waals surface area contributed by atoms with Crippen molar-refractivity contribution in [2.24, 2.45) is 0 Å². The highest BCUT2D eigenvalue weighted by Crippen LogP contribution is 2.38. The second-order valence-corrected chi connectivity index (χ2v) is 9.58. The highest BCUT2D eigenvalue weighted by molar-refractivity contribution is 7.92. The lowest BCUT2D eigenvalue weighted by Crippen LogP contribution is -2.27. The predicted octanol–water partition coefficient (Wildman–Crippen LogP) is 3.75. The molecule has 0 radical (unpaired) electrons. The third-order valence-corrected chi connectivity index (χ3v) is 7.26. The molecule has 0 bridgehead atoms. The predicted molar refractivity (Wildman–Crippen MR) is 120 cm³/mol. The zero-order chi connectivity index (χ0) is 21.4. The topological polar surface area (TPSA) is 85.5 Å². The standard InChI is InChI=1S/C23H24N4O3S/c28-23(26-12-5-6-13-26)20-15-18(16-24-20)31(29,30)25-19-8-2-4-10-22(19)27-14-11-17-7-1-3-9-21(17)27/h1-4,7-10,15-16,24-25H,5-6,11-14H2. The van der Waals surface area contributed by atoms with Gasteiger partial charge >= 0.3 is 0 Å². The first-order valence-electron chi connectivity index (χ1n) is 10.5. The summed E-state index contributed by atoms with van der Waals surface area (Å²) in [7, 11) is -3.86. The molecule has 2 N–H and O–H groups in total. The van der Waals surface area contributed by atoms with Crippen molar-refractivity contribution < 1.29 is 13.2 Å². The minimum atomic E-state index is -3.86. The number of sulfonamides is 1. The Labute approximate surface area is 181 Å². The van der Waals surface area contributed by atoms with Crippen molar-refractivity contribution in [3.63, 3.8) is 0 Å². The summed E-state index contributed by atoms with van der Waals surface area (Å²) < 4.78 is 28.9.